The number of hydrogen-bond donors (Lipinski definition) is 3. The molecule has 2 rings (SSSR count). The van der Waals surface area contributed by atoms with Crippen molar-refractivity contribution < 1.29 is 24.5 Å². The number of benzene rings is 1. The summed E-state index contributed by atoms with van der Waals surface area (Å²) < 4.78 is 5.57. The number of nitrogens with zero attached hydrogens (tertiary/aromatic N) is 1. The van der Waals surface area contributed by atoms with Gasteiger partial charge in [-0.2, -0.15) is 0 Å². The van der Waals surface area contributed by atoms with Crippen molar-refractivity contribution in [1.82, 2.24) is 10.3 Å². The summed E-state index contributed by atoms with van der Waals surface area (Å²) >= 11 is 6.09. The summed E-state index contributed by atoms with van der Waals surface area (Å²) in [6, 6.07) is 4.93. The number of halogens is 1. The maximum atomic E-state index is 12.1. The van der Waals surface area contributed by atoms with Crippen molar-refractivity contribution in [2.45, 2.75) is 20.0 Å². The summed E-state index contributed by atoms with van der Waals surface area (Å²) in [4.78, 5) is 26.5. The fourth-order valence-electron chi connectivity index (χ4n) is 2.14. The number of Topliss-reactive ketones (excluding diaryl/α,β-unsaturated/α-hetero) is 1. The molecule has 1 aromatic heterocycles. The van der Waals surface area contributed by atoms with E-state index in [9.17, 15) is 14.7 Å². The van der Waals surface area contributed by atoms with Crippen LogP contribution < -0.4 is 10.1 Å². The lowest BCUT2D eigenvalue weighted by molar-refractivity contribution is -0.135. The van der Waals surface area contributed by atoms with Crippen molar-refractivity contribution in [2.24, 2.45) is 0 Å². The van der Waals surface area contributed by atoms with Crippen molar-refractivity contribution in [3.05, 3.63) is 29.0 Å². The van der Waals surface area contributed by atoms with Gasteiger partial charge in [0.2, 0.25) is 0 Å². The van der Waals surface area contributed by atoms with E-state index in [-0.39, 0.29) is 35.8 Å². The van der Waals surface area contributed by atoms with Crippen LogP contribution in [0, 0.1) is 0 Å². The van der Waals surface area contributed by atoms with Gasteiger partial charge < -0.3 is 14.9 Å². The first-order valence-electron chi connectivity index (χ1n) is 7.24. The van der Waals surface area contributed by atoms with Crippen LogP contribution in [0.25, 0.3) is 10.8 Å². The molecule has 0 aliphatic rings. The molecule has 1 heterocycles. The first-order chi connectivity index (χ1) is 11.3. The highest BCUT2D eigenvalue weighted by Crippen LogP contribution is 2.34. The van der Waals surface area contributed by atoms with Gasteiger partial charge in [-0.3, -0.25) is 14.9 Å². The lowest BCUT2D eigenvalue weighted by atomic mass is 10.1. The van der Waals surface area contributed by atoms with Gasteiger partial charge in [0.05, 0.1) is 19.2 Å². The van der Waals surface area contributed by atoms with Crippen LogP contribution in [0.3, 0.4) is 0 Å². The minimum Gasteiger partial charge on any atom is -0.505 e. The molecular weight excluding hydrogens is 336 g/mol. The van der Waals surface area contributed by atoms with E-state index >= 15 is 0 Å². The summed E-state index contributed by atoms with van der Waals surface area (Å²) in [5, 5.41) is 22.3. The smallest absolute Gasteiger partial charge is 0.317 e. The Morgan fingerprint density at radius 2 is 2.00 bits per heavy atom. The van der Waals surface area contributed by atoms with Gasteiger partial charge in [0.15, 0.2) is 17.2 Å². The van der Waals surface area contributed by atoms with Gasteiger partial charge in [0.25, 0.3) is 0 Å². The van der Waals surface area contributed by atoms with Crippen molar-refractivity contribution in [3.8, 4) is 11.5 Å². The fourth-order valence-corrected chi connectivity index (χ4v) is 2.39. The number of carbonyl (C=O) groups excluding carboxylic acids is 1. The zero-order chi connectivity index (χ0) is 17.9. The van der Waals surface area contributed by atoms with Crippen molar-refractivity contribution in [2.75, 3.05) is 13.1 Å². The molecule has 3 N–H and O–H groups in total. The van der Waals surface area contributed by atoms with Crippen molar-refractivity contribution >= 4 is 34.1 Å². The van der Waals surface area contributed by atoms with Gasteiger partial charge in [-0.1, -0.05) is 11.6 Å². The Morgan fingerprint density at radius 3 is 2.62 bits per heavy atom. The van der Waals surface area contributed by atoms with Crippen LogP contribution in [0.4, 0.5) is 0 Å². The maximum Gasteiger partial charge on any atom is 0.317 e. The highest BCUT2D eigenvalue weighted by Gasteiger charge is 2.19. The number of hydrogen-bond acceptors (Lipinski definition) is 6. The highest BCUT2D eigenvalue weighted by molar-refractivity contribution is 6.35. The largest absolute Gasteiger partial charge is 0.505 e. The van der Waals surface area contributed by atoms with Crippen molar-refractivity contribution in [3.63, 3.8) is 0 Å². The quantitative estimate of drug-likeness (QED) is 0.518. The van der Waals surface area contributed by atoms with E-state index in [0.29, 0.717) is 16.5 Å². The molecule has 0 saturated heterocycles. The SMILES string of the molecule is CC(C)Oc1ccc2c(Cl)nc(C(=O)CNCC(=O)O)c(O)c2c1. The molecule has 0 aliphatic carbocycles. The molecular formula is C16H17ClN2O5. The van der Waals surface area contributed by atoms with Crippen LogP contribution in [0.1, 0.15) is 24.3 Å². The van der Waals surface area contributed by atoms with Gasteiger partial charge in [0, 0.05) is 10.8 Å². The van der Waals surface area contributed by atoms with Crippen LogP contribution in [-0.2, 0) is 4.79 Å². The number of pyridine rings is 1. The minimum atomic E-state index is -1.09. The molecule has 0 radical (unpaired) electrons. The number of aromatic nitrogens is 1. The third kappa shape index (κ3) is 4.12. The molecule has 0 amide bonds. The monoisotopic (exact) mass is 352 g/mol. The Bertz CT molecular complexity index is 792. The van der Waals surface area contributed by atoms with E-state index in [2.05, 4.69) is 10.3 Å². The number of ether oxygens (including phenoxy) is 1. The average Bonchev–Trinajstić information content (AvgIpc) is 2.49. The fraction of sp³-hybridized carbons (Fsp3) is 0.312. The molecule has 0 spiro atoms. The van der Waals surface area contributed by atoms with Crippen molar-refractivity contribution in [1.29, 1.82) is 0 Å². The maximum absolute atomic E-state index is 12.1. The normalized spacial score (nSPS) is 11.0. The number of rotatable bonds is 7. The zero-order valence-corrected chi connectivity index (χ0v) is 13.9. The summed E-state index contributed by atoms with van der Waals surface area (Å²) in [6.45, 7) is 3.08. The Labute approximate surface area is 143 Å². The number of carboxylic acids is 1. The number of aliphatic carboxylic acids is 1. The Hall–Kier alpha value is -2.38. The number of carboxylic acid groups (broad SMARTS) is 1. The second-order valence-electron chi connectivity index (χ2n) is 5.39. The standard InChI is InChI=1S/C16H17ClN2O5/c1-8(2)24-9-3-4-10-11(5-9)15(23)14(19-16(10)17)12(20)6-18-7-13(21)22/h3-5,8,18,23H,6-7H2,1-2H3,(H,21,22). The number of aromatic hydroxyl groups is 1. The van der Waals surface area contributed by atoms with Gasteiger partial charge in [-0.25, -0.2) is 4.98 Å². The van der Waals surface area contributed by atoms with E-state index in [4.69, 9.17) is 21.4 Å². The first-order valence-corrected chi connectivity index (χ1v) is 7.62. The molecule has 24 heavy (non-hydrogen) atoms. The molecule has 0 saturated carbocycles. The number of fused-ring (bicyclic) bond motifs is 1. The van der Waals surface area contributed by atoms with Gasteiger partial charge >= 0.3 is 5.97 Å². The van der Waals surface area contributed by atoms with Gasteiger partial charge in [0.1, 0.15) is 10.9 Å². The Balaban J connectivity index is 2.38. The topological polar surface area (TPSA) is 109 Å². The van der Waals surface area contributed by atoms with E-state index in [0.717, 1.165) is 0 Å². The second kappa shape index (κ2) is 7.46. The van der Waals surface area contributed by atoms with Crippen LogP contribution in [0.2, 0.25) is 5.15 Å². The third-order valence-corrected chi connectivity index (χ3v) is 3.39. The predicted molar refractivity (Wildman–Crippen MR) is 89.0 cm³/mol. The van der Waals surface area contributed by atoms with E-state index in [1.54, 1.807) is 18.2 Å². The molecule has 0 aliphatic heterocycles. The summed E-state index contributed by atoms with van der Waals surface area (Å²) in [5.74, 6) is -1.44. The molecule has 1 aromatic carbocycles. The average molecular weight is 353 g/mol. The van der Waals surface area contributed by atoms with Crippen LogP contribution in [-0.4, -0.2) is 46.1 Å². The predicted octanol–water partition coefficient (Wildman–Crippen LogP) is 2.24. The van der Waals surface area contributed by atoms with Gasteiger partial charge in [-0.05, 0) is 32.0 Å². The van der Waals surface area contributed by atoms with E-state index < -0.39 is 11.8 Å². The van der Waals surface area contributed by atoms with Gasteiger partial charge in [-0.15, -0.1) is 0 Å². The lowest BCUT2D eigenvalue weighted by Gasteiger charge is -2.13. The molecule has 128 valence electrons. The molecule has 0 fully saturated rings. The summed E-state index contributed by atoms with van der Waals surface area (Å²) in [5.41, 5.74) is -0.216. The molecule has 8 heteroatoms. The number of carbonyl (C=O) groups is 2. The number of nitrogens with one attached hydrogen (secondary N) is 1. The molecule has 7 nitrogen and oxygen atoms in total. The number of ketones is 1. The van der Waals surface area contributed by atoms with E-state index in [1.165, 1.54) is 0 Å². The molecule has 0 atom stereocenters. The van der Waals surface area contributed by atoms with Crippen LogP contribution in [0.15, 0.2) is 18.2 Å². The minimum absolute atomic E-state index is 0.0526. The lowest BCUT2D eigenvalue weighted by Crippen LogP contribution is -2.28. The second-order valence-corrected chi connectivity index (χ2v) is 5.75. The van der Waals surface area contributed by atoms with E-state index in [1.807, 2.05) is 13.8 Å². The molecule has 0 bridgehead atoms. The summed E-state index contributed by atoms with van der Waals surface area (Å²) in [7, 11) is 0. The van der Waals surface area contributed by atoms with Crippen LogP contribution >= 0.6 is 11.6 Å². The Morgan fingerprint density at radius 1 is 1.29 bits per heavy atom. The highest BCUT2D eigenvalue weighted by atomic mass is 35.5. The first kappa shape index (κ1) is 18.0. The molecule has 2 aromatic rings. The Kier molecular flexibility index (Phi) is 5.58. The van der Waals surface area contributed by atoms with Crippen LogP contribution in [0.5, 0.6) is 11.5 Å². The third-order valence-electron chi connectivity index (χ3n) is 3.10. The zero-order valence-electron chi connectivity index (χ0n) is 13.2. The summed E-state index contributed by atoms with van der Waals surface area (Å²) in [6.07, 6.45) is -0.0526. The molecule has 0 unspecified atom stereocenters.